The van der Waals surface area contributed by atoms with E-state index in [1.807, 2.05) is 13.8 Å². The molecule has 9 nitrogen and oxygen atoms in total. The smallest absolute Gasteiger partial charge is 0.265 e. The zero-order valence-corrected chi connectivity index (χ0v) is 20.1. The number of likely N-dealkylation sites (N-methyl/N-ethyl adjacent to an activating group) is 1. The summed E-state index contributed by atoms with van der Waals surface area (Å²) in [4.78, 5) is 44.8. The summed E-state index contributed by atoms with van der Waals surface area (Å²) in [6, 6.07) is 11.6. The zero-order valence-electron chi connectivity index (χ0n) is 19.3. The SMILES string of the molecule is CN(CC(C)(C)CO)C(=O)Cn1c(=O)c(C(=O)NCc2ccc(Cl)cc2)cc2ccc(N)nc21. The number of carbonyl (C=O) groups excluding carboxylic acids is 2. The number of aliphatic hydroxyl groups excluding tert-OH is 1. The van der Waals surface area contributed by atoms with E-state index < -0.39 is 16.9 Å². The monoisotopic (exact) mass is 485 g/mol. The molecule has 3 aromatic rings. The van der Waals surface area contributed by atoms with Crippen LogP contribution in [0.4, 0.5) is 5.82 Å². The first-order valence-electron chi connectivity index (χ1n) is 10.7. The number of aliphatic hydroxyl groups is 1. The number of halogens is 1. The van der Waals surface area contributed by atoms with Gasteiger partial charge in [-0.1, -0.05) is 37.6 Å². The minimum absolute atomic E-state index is 0.102. The Labute approximate surface area is 202 Å². The van der Waals surface area contributed by atoms with E-state index in [0.717, 1.165) is 10.1 Å². The second-order valence-electron chi connectivity index (χ2n) is 8.98. The van der Waals surface area contributed by atoms with Crippen molar-refractivity contribution in [2.45, 2.75) is 26.9 Å². The molecule has 0 saturated heterocycles. The van der Waals surface area contributed by atoms with Gasteiger partial charge in [0.25, 0.3) is 11.5 Å². The second kappa shape index (κ2) is 10.2. The number of nitrogens with two attached hydrogens (primary N) is 1. The molecule has 2 aromatic heterocycles. The number of fused-ring (bicyclic) bond motifs is 1. The first-order chi connectivity index (χ1) is 16.0. The molecule has 2 amide bonds. The molecule has 0 fully saturated rings. The lowest BCUT2D eigenvalue weighted by Crippen LogP contribution is -2.41. The number of hydrogen-bond acceptors (Lipinski definition) is 6. The highest BCUT2D eigenvalue weighted by atomic mass is 35.5. The Kier molecular flexibility index (Phi) is 7.58. The Hall–Kier alpha value is -3.43. The normalized spacial score (nSPS) is 11.4. The molecule has 0 radical (unpaired) electrons. The Balaban J connectivity index is 1.93. The topological polar surface area (TPSA) is 131 Å². The van der Waals surface area contributed by atoms with Gasteiger partial charge >= 0.3 is 0 Å². The van der Waals surface area contributed by atoms with Crippen molar-refractivity contribution in [2.24, 2.45) is 5.41 Å². The molecule has 4 N–H and O–H groups in total. The Morgan fingerprint density at radius 3 is 2.53 bits per heavy atom. The number of carbonyl (C=O) groups is 2. The third kappa shape index (κ3) is 5.92. The zero-order chi connectivity index (χ0) is 25.0. The summed E-state index contributed by atoms with van der Waals surface area (Å²) in [5.74, 6) is -0.759. The van der Waals surface area contributed by atoms with Crippen LogP contribution in [0.2, 0.25) is 5.02 Å². The highest BCUT2D eigenvalue weighted by Gasteiger charge is 2.24. The number of amides is 2. The number of hydrogen-bond donors (Lipinski definition) is 3. The van der Waals surface area contributed by atoms with E-state index in [9.17, 15) is 19.5 Å². The number of aromatic nitrogens is 2. The highest BCUT2D eigenvalue weighted by Crippen LogP contribution is 2.17. The van der Waals surface area contributed by atoms with Crippen LogP contribution in [0.3, 0.4) is 0 Å². The molecule has 0 aliphatic carbocycles. The Morgan fingerprint density at radius 2 is 1.88 bits per heavy atom. The van der Waals surface area contributed by atoms with Crippen molar-refractivity contribution in [1.29, 1.82) is 0 Å². The number of nitrogen functional groups attached to an aromatic ring is 1. The molecule has 0 saturated carbocycles. The predicted molar refractivity (Wildman–Crippen MR) is 132 cm³/mol. The van der Waals surface area contributed by atoms with Crippen molar-refractivity contribution in [2.75, 3.05) is 25.9 Å². The minimum atomic E-state index is -0.651. The molecule has 0 unspecified atom stereocenters. The predicted octanol–water partition coefficient (Wildman–Crippen LogP) is 2.04. The van der Waals surface area contributed by atoms with Crippen molar-refractivity contribution in [3.63, 3.8) is 0 Å². The third-order valence-electron chi connectivity index (χ3n) is 5.38. The summed E-state index contributed by atoms with van der Waals surface area (Å²) in [5.41, 5.74) is 5.57. The van der Waals surface area contributed by atoms with E-state index in [1.54, 1.807) is 43.4 Å². The van der Waals surface area contributed by atoms with Crippen LogP contribution in [-0.2, 0) is 17.9 Å². The van der Waals surface area contributed by atoms with Gasteiger partial charge in [0.2, 0.25) is 5.91 Å². The summed E-state index contributed by atoms with van der Waals surface area (Å²) in [6.07, 6.45) is 0. The van der Waals surface area contributed by atoms with Gasteiger partial charge in [-0.3, -0.25) is 19.0 Å². The van der Waals surface area contributed by atoms with Gasteiger partial charge in [0.15, 0.2) is 0 Å². The van der Waals surface area contributed by atoms with Crippen LogP contribution in [-0.4, -0.2) is 51.6 Å². The average Bonchev–Trinajstić information content (AvgIpc) is 2.80. The Bertz CT molecular complexity index is 1270. The number of benzene rings is 1. The molecule has 34 heavy (non-hydrogen) atoms. The average molecular weight is 486 g/mol. The van der Waals surface area contributed by atoms with Crippen LogP contribution >= 0.6 is 11.6 Å². The molecule has 3 rings (SSSR count). The van der Waals surface area contributed by atoms with Gasteiger partial charge in [-0.2, -0.15) is 0 Å². The lowest BCUT2D eigenvalue weighted by Gasteiger charge is -2.28. The first kappa shape index (κ1) is 25.2. The van der Waals surface area contributed by atoms with Gasteiger partial charge in [-0.25, -0.2) is 4.98 Å². The summed E-state index contributed by atoms with van der Waals surface area (Å²) in [5, 5.41) is 13.3. The maximum Gasteiger partial charge on any atom is 0.265 e. The summed E-state index contributed by atoms with van der Waals surface area (Å²) in [6.45, 7) is 3.70. The van der Waals surface area contributed by atoms with Crippen molar-refractivity contribution < 1.29 is 14.7 Å². The van der Waals surface area contributed by atoms with Gasteiger partial charge in [0.05, 0.1) is 0 Å². The maximum atomic E-state index is 13.3. The molecular formula is C24H28ClN5O4. The lowest BCUT2D eigenvalue weighted by atomic mass is 9.94. The fourth-order valence-corrected chi connectivity index (χ4v) is 3.61. The standard InChI is InChI=1S/C24H28ClN5O4/c1-24(2,14-31)13-29(3)20(32)12-30-21-16(6-9-19(26)28-21)10-18(23(30)34)22(33)27-11-15-4-7-17(25)8-5-15/h4-10,31H,11-14H2,1-3H3,(H2,26,28)(H,27,33). The van der Waals surface area contributed by atoms with E-state index in [-0.39, 0.29) is 49.2 Å². The van der Waals surface area contributed by atoms with Crippen LogP contribution in [0, 0.1) is 5.41 Å². The fourth-order valence-electron chi connectivity index (χ4n) is 3.49. The fraction of sp³-hybridized carbons (Fsp3) is 0.333. The molecule has 0 spiro atoms. The number of pyridine rings is 2. The van der Waals surface area contributed by atoms with Crippen molar-refractivity contribution in [3.8, 4) is 0 Å². The molecule has 10 heteroatoms. The molecule has 1 aromatic carbocycles. The van der Waals surface area contributed by atoms with E-state index in [2.05, 4.69) is 10.3 Å². The molecule has 0 atom stereocenters. The summed E-state index contributed by atoms with van der Waals surface area (Å²) < 4.78 is 1.16. The van der Waals surface area contributed by atoms with Gasteiger partial charge < -0.3 is 21.1 Å². The van der Waals surface area contributed by atoms with Crippen LogP contribution < -0.4 is 16.6 Å². The van der Waals surface area contributed by atoms with Gasteiger partial charge in [0, 0.05) is 42.6 Å². The first-order valence-corrected chi connectivity index (χ1v) is 11.1. The van der Waals surface area contributed by atoms with E-state index in [4.69, 9.17) is 17.3 Å². The van der Waals surface area contributed by atoms with E-state index >= 15 is 0 Å². The van der Waals surface area contributed by atoms with E-state index in [0.29, 0.717) is 10.4 Å². The van der Waals surface area contributed by atoms with Crippen LogP contribution in [0.5, 0.6) is 0 Å². The quantitative estimate of drug-likeness (QED) is 0.447. The van der Waals surface area contributed by atoms with Crippen LogP contribution in [0.1, 0.15) is 29.8 Å². The van der Waals surface area contributed by atoms with Gasteiger partial charge in [-0.05, 0) is 35.9 Å². The molecule has 0 aliphatic rings. The number of rotatable bonds is 8. The second-order valence-corrected chi connectivity index (χ2v) is 9.42. The summed E-state index contributed by atoms with van der Waals surface area (Å²) >= 11 is 5.89. The largest absolute Gasteiger partial charge is 0.396 e. The molecule has 0 aliphatic heterocycles. The molecular weight excluding hydrogens is 458 g/mol. The number of anilines is 1. The van der Waals surface area contributed by atoms with E-state index in [1.165, 1.54) is 11.0 Å². The third-order valence-corrected chi connectivity index (χ3v) is 5.63. The van der Waals surface area contributed by atoms with Crippen LogP contribution in [0.15, 0.2) is 47.3 Å². The van der Waals surface area contributed by atoms with Crippen molar-refractivity contribution in [1.82, 2.24) is 19.8 Å². The van der Waals surface area contributed by atoms with Crippen molar-refractivity contribution in [3.05, 3.63) is 69.0 Å². The van der Waals surface area contributed by atoms with Crippen molar-refractivity contribution >= 4 is 40.3 Å². The van der Waals surface area contributed by atoms with Crippen LogP contribution in [0.25, 0.3) is 11.0 Å². The molecule has 180 valence electrons. The minimum Gasteiger partial charge on any atom is -0.396 e. The molecule has 2 heterocycles. The Morgan fingerprint density at radius 1 is 1.21 bits per heavy atom. The maximum absolute atomic E-state index is 13.3. The summed E-state index contributed by atoms with van der Waals surface area (Å²) in [7, 11) is 1.59. The number of nitrogens with one attached hydrogen (secondary N) is 1. The number of nitrogens with zero attached hydrogens (tertiary/aromatic N) is 3. The van der Waals surface area contributed by atoms with Gasteiger partial charge in [0.1, 0.15) is 23.6 Å². The highest BCUT2D eigenvalue weighted by molar-refractivity contribution is 6.30. The molecule has 0 bridgehead atoms. The lowest BCUT2D eigenvalue weighted by molar-refractivity contribution is -0.132. The van der Waals surface area contributed by atoms with Gasteiger partial charge in [-0.15, -0.1) is 0 Å².